The van der Waals surface area contributed by atoms with Crippen LogP contribution in [0.15, 0.2) is 118 Å². The molecule has 0 spiro atoms. The van der Waals surface area contributed by atoms with Crippen LogP contribution in [-0.2, 0) is 76.4 Å². The zero-order valence-electron chi connectivity index (χ0n) is 88.6. The van der Waals surface area contributed by atoms with Crippen LogP contribution in [0.2, 0.25) is 0 Å². The summed E-state index contributed by atoms with van der Waals surface area (Å²) in [4.78, 5) is 185. The van der Waals surface area contributed by atoms with E-state index in [0.717, 1.165) is 6.21 Å². The van der Waals surface area contributed by atoms with Gasteiger partial charge in [0, 0.05) is 193 Å². The second-order valence-electron chi connectivity index (χ2n) is 41.6. The van der Waals surface area contributed by atoms with E-state index in [9.17, 15) is 108 Å². The van der Waals surface area contributed by atoms with E-state index >= 15 is 0 Å². The van der Waals surface area contributed by atoms with Crippen LogP contribution in [0, 0.1) is 95.7 Å². The molecule has 38 heteroatoms. The number of aliphatic hydroxyl groups is 4. The van der Waals surface area contributed by atoms with Crippen LogP contribution in [0.5, 0.6) is 34.5 Å². The average Bonchev–Trinajstić information content (AvgIpc) is 1.50. The van der Waals surface area contributed by atoms with Crippen molar-refractivity contribution in [1.29, 1.82) is 0 Å². The molecule has 0 unspecified atom stereocenters. The minimum absolute atomic E-state index is 0.0326. The fraction of sp³-hybridized carbons (Fsp3) is 0.545. The second kappa shape index (κ2) is 50.2. The van der Waals surface area contributed by atoms with Crippen LogP contribution in [0.25, 0.3) is 10.8 Å². The van der Waals surface area contributed by atoms with Crippen LogP contribution in [0.4, 0.5) is 5.69 Å². The number of hydrazone groups is 2. The molecule has 806 valence electrons. The molecule has 38 nitrogen and oxygen atoms in total. The lowest BCUT2D eigenvalue weighted by Crippen LogP contribution is -2.45. The molecule has 0 radical (unpaired) electrons. The van der Waals surface area contributed by atoms with Gasteiger partial charge in [-0.05, 0) is 63.5 Å². The number of allylic oxidation sites excluding steroid dienone is 10. The Bertz CT molecular complexity index is 5860. The molecule has 0 saturated carbocycles. The quantitative estimate of drug-likeness (QED) is 0.00614. The van der Waals surface area contributed by atoms with Gasteiger partial charge in [0.2, 0.25) is 5.78 Å². The van der Waals surface area contributed by atoms with E-state index in [0.29, 0.717) is 102 Å². The van der Waals surface area contributed by atoms with Gasteiger partial charge in [0.1, 0.15) is 96.6 Å². The summed E-state index contributed by atoms with van der Waals surface area (Å²) in [6.07, 6.45) is 13.3. The van der Waals surface area contributed by atoms with Crippen LogP contribution in [0.1, 0.15) is 222 Å². The van der Waals surface area contributed by atoms with E-state index in [4.69, 9.17) is 37.9 Å². The van der Waals surface area contributed by atoms with Crippen LogP contribution in [-0.4, -0.2) is 284 Å². The summed E-state index contributed by atoms with van der Waals surface area (Å²) in [5.41, 5.74) is -4.43. The van der Waals surface area contributed by atoms with Crippen LogP contribution >= 0.6 is 0 Å². The number of nitrogens with one attached hydrogen (secondary N) is 2. The van der Waals surface area contributed by atoms with Gasteiger partial charge in [-0.15, -0.1) is 0 Å². The van der Waals surface area contributed by atoms with Crippen LogP contribution < -0.4 is 20.1 Å². The fourth-order valence-corrected chi connectivity index (χ4v) is 19.0. The molecule has 2 saturated heterocycles. The Morgan fingerprint density at radius 2 is 0.878 bits per heavy atom. The molecule has 2 amide bonds. The molecule has 8 aliphatic heterocycles. The fourth-order valence-electron chi connectivity index (χ4n) is 19.0. The number of hydrogen-bond acceptors (Lipinski definition) is 36. The minimum Gasteiger partial charge on any atom is -0.507 e. The molecule has 1 aliphatic carbocycles. The number of amides is 2. The number of hydrogen-bond donors (Lipinski definition) is 10. The number of carbonyl (C=O) groups is 14. The van der Waals surface area contributed by atoms with Gasteiger partial charge in [0.25, 0.3) is 23.4 Å². The third kappa shape index (κ3) is 27.3. The number of fused-ring (bicyclic) bond motifs is 28. The summed E-state index contributed by atoms with van der Waals surface area (Å²) in [5, 5.41) is 111. The Morgan fingerprint density at radius 3 is 1.29 bits per heavy atom. The zero-order chi connectivity index (χ0) is 110. The number of esters is 2. The number of anilines is 1. The lowest BCUT2D eigenvalue weighted by molar-refractivity contribution is -0.159. The second-order valence-corrected chi connectivity index (χ2v) is 41.6. The van der Waals surface area contributed by atoms with Gasteiger partial charge in [-0.3, -0.25) is 67.8 Å². The SMILES string of the molecule is C=C(CC(C)(C)C(=O)CC(C=O)C=O)OCCN1CCN(/N=C\C2=C3NC(=O)/C(C)=C\C=C\[C@H](C)[C@H](O)[C@@H](C)[C@@H](O)[C@@H](C)[C@H](OC(C)=O)[C@H](C)[C@@H](C)/C=C/O[C@@]4(C)Oc5c(C)c(O)c(c(c5C4=O)C2=O)C3=O)CC1.C=C(CC(C)(C)C(=O)CC(C=O)C=O)OCCN1CCN(/N=C\c2c3c(O)c4c(O)c(C)c5c(c4c2O)C(=O)[C@@](C)(O/C=C/[C@H](C)[C@@H](C)[C@@H](OC(C)=O)[C@H](C)[C@H](O)[C@H](C)[C@@H](O)[C@@H](C)/C=C/C=C(/C)C(=O)N3)O5)CC1. The number of benzene rings is 3. The van der Waals surface area contributed by atoms with E-state index in [1.54, 1.807) is 116 Å². The van der Waals surface area contributed by atoms with Crippen LogP contribution in [0.3, 0.4) is 0 Å². The first-order valence-corrected chi connectivity index (χ1v) is 50.0. The summed E-state index contributed by atoms with van der Waals surface area (Å²) in [5.74, 6) is -20.2. The highest BCUT2D eigenvalue weighted by atomic mass is 16.7. The lowest BCUT2D eigenvalue weighted by Gasteiger charge is -2.37. The molecule has 3 aromatic rings. The first-order valence-electron chi connectivity index (χ1n) is 50.0. The molecule has 148 heavy (non-hydrogen) atoms. The Kier molecular flexibility index (Phi) is 40.2. The van der Waals surface area contributed by atoms with Crippen molar-refractivity contribution in [3.63, 3.8) is 0 Å². The molecule has 12 rings (SSSR count). The zero-order valence-corrected chi connectivity index (χ0v) is 88.6. The minimum atomic E-state index is -2.10. The van der Waals surface area contributed by atoms with Gasteiger partial charge in [0.05, 0.1) is 117 Å². The molecule has 9 aliphatic rings. The monoisotopic (exact) mass is 2060 g/mol. The predicted octanol–water partition coefficient (Wildman–Crippen LogP) is 11.4. The largest absolute Gasteiger partial charge is 0.507 e. The Labute approximate surface area is 863 Å². The first kappa shape index (κ1) is 118. The number of carbonyl (C=O) groups excluding carboxylic acids is 14. The van der Waals surface area contributed by atoms with Gasteiger partial charge >= 0.3 is 23.5 Å². The molecular formula is C110H146N8O30. The summed E-state index contributed by atoms with van der Waals surface area (Å²) in [6.45, 7) is 48.6. The van der Waals surface area contributed by atoms with E-state index < -0.39 is 211 Å². The van der Waals surface area contributed by atoms with E-state index in [2.05, 4.69) is 43.8 Å². The number of aromatic hydroxyl groups is 4. The van der Waals surface area contributed by atoms with Crippen molar-refractivity contribution >= 4 is 112 Å². The maximum Gasteiger partial charge on any atom is 0.312 e. The molecule has 10 N–H and O–H groups in total. The summed E-state index contributed by atoms with van der Waals surface area (Å²) in [7, 11) is 0. The topological polar surface area (TPSA) is 536 Å². The number of aliphatic hydroxyl groups excluding tert-OH is 4. The number of phenolic OH excluding ortho intramolecular Hbond substituents is 4. The molecule has 3 aromatic carbocycles. The molecule has 8 heterocycles. The Morgan fingerprint density at radius 1 is 0.486 bits per heavy atom. The van der Waals surface area contributed by atoms with Crippen molar-refractivity contribution in [3.05, 3.63) is 147 Å². The number of nitrogens with zero attached hydrogens (tertiary/aromatic N) is 6. The first-order chi connectivity index (χ1) is 69.4. The molecule has 0 aromatic heterocycles. The number of Topliss-reactive ketones (excluding diaryl/α,β-unsaturated/α-hetero) is 6. The highest BCUT2D eigenvalue weighted by Crippen LogP contribution is 2.56. The van der Waals surface area contributed by atoms with E-state index in [1.807, 2.05) is 27.7 Å². The highest BCUT2D eigenvalue weighted by Gasteiger charge is 2.55. The van der Waals surface area contributed by atoms with E-state index in [1.165, 1.54) is 86.3 Å². The maximum atomic E-state index is 14.9. The summed E-state index contributed by atoms with van der Waals surface area (Å²) >= 11 is 0. The Hall–Kier alpha value is -13.1. The number of aldehydes is 4. The smallest absolute Gasteiger partial charge is 0.312 e. The molecule has 10 bridgehead atoms. The third-order valence-electron chi connectivity index (χ3n) is 29.5. The summed E-state index contributed by atoms with van der Waals surface area (Å²) in [6, 6.07) is 0. The van der Waals surface area contributed by atoms with Crippen molar-refractivity contribution in [2.75, 3.05) is 84.0 Å². The van der Waals surface area contributed by atoms with Crippen molar-refractivity contribution in [1.82, 2.24) is 25.1 Å². The van der Waals surface area contributed by atoms with Gasteiger partial charge in [-0.2, -0.15) is 10.2 Å². The average molecular weight is 2060 g/mol. The number of phenols is 4. The van der Waals surface area contributed by atoms with Gasteiger partial charge in [0.15, 0.2) is 11.5 Å². The molecule has 2 fully saturated rings. The van der Waals surface area contributed by atoms with Gasteiger partial charge in [-0.25, -0.2) is 0 Å². The predicted molar refractivity (Wildman–Crippen MR) is 548 cm³/mol. The van der Waals surface area contributed by atoms with Crippen molar-refractivity contribution in [3.8, 4) is 34.5 Å². The lowest BCUT2D eigenvalue weighted by atomic mass is 9.77. The van der Waals surface area contributed by atoms with Crippen molar-refractivity contribution in [2.45, 2.75) is 226 Å². The van der Waals surface area contributed by atoms with Crippen molar-refractivity contribution < 1.29 is 146 Å². The normalized spacial score (nSPS) is 28.5. The maximum absolute atomic E-state index is 14.9. The molecule has 18 atom stereocenters. The highest BCUT2D eigenvalue weighted by molar-refractivity contribution is 6.38. The standard InChI is InChI=1S/C55H74N4O15.C55H72N4O15/c2*1-29-16-22-72-55(12)52(69)43-41-42(47(66)36(8)51(43)74-55)49(68)44(57-53(70)31(3)15-13-14-30(2)45(64)34(6)46(65)35(7)50(33(29)5)73-37(9)62)39(48(41)67)26-56-59-19-17-58(18-20-59)21-23-71-32(4)25-54(10,11)40(63)24-38(27-60)28-61/h13-16,22,26-30,33-35,38,45-46,50,64-68H,4,17-21,23-25H2,1-3,5-12H3,(H,57,70);13-16,22,26-30,33-35,38,45-46,50,64-66H,4,17-21,23-25H2,1-3,5-12H3,(H,57,70)/b2*14-13+,22-16+,31-15-,56-26-/t2*29-,30-,33+,34+,35+,45-,46+,50+,55-/m00/s1. The number of rotatable bonds is 28. The third-order valence-corrected chi connectivity index (χ3v) is 29.5. The Balaban J connectivity index is 0.000000329. The van der Waals surface area contributed by atoms with Crippen molar-refractivity contribution in [2.24, 2.45) is 92.0 Å². The summed E-state index contributed by atoms with van der Waals surface area (Å²) < 4.78 is 47.6. The van der Waals surface area contributed by atoms with Gasteiger partial charge < -0.3 is 109 Å². The molecular weight excluding hydrogens is 1910 g/mol. The number of ether oxygens (including phenoxy) is 8. The van der Waals surface area contributed by atoms with E-state index in [-0.39, 0.29) is 129 Å². The van der Waals surface area contributed by atoms with Gasteiger partial charge in [-0.1, -0.05) is 147 Å². The number of piperazine rings is 2. The number of ketones is 6.